The number of alkyl halides is 3. The highest BCUT2D eigenvalue weighted by Crippen LogP contribution is 2.30. The van der Waals surface area contributed by atoms with Gasteiger partial charge in [0.25, 0.3) is 0 Å². The highest BCUT2D eigenvalue weighted by molar-refractivity contribution is 5.33. The van der Waals surface area contributed by atoms with E-state index in [1.54, 1.807) is 12.1 Å². The molecule has 1 unspecified atom stereocenters. The Labute approximate surface area is 139 Å². The molecule has 0 saturated heterocycles. The number of ether oxygens (including phenoxy) is 1. The maximum Gasteiger partial charge on any atom is 0.416 e. The lowest BCUT2D eigenvalue weighted by atomic mass is 10.0. The second-order valence-corrected chi connectivity index (χ2v) is 5.41. The van der Waals surface area contributed by atoms with Crippen LogP contribution >= 0.6 is 0 Å². The Morgan fingerprint density at radius 1 is 1.12 bits per heavy atom. The summed E-state index contributed by atoms with van der Waals surface area (Å²) in [6.45, 7) is 2.37. The Morgan fingerprint density at radius 2 is 1.88 bits per heavy atom. The molecule has 2 N–H and O–H groups in total. The van der Waals surface area contributed by atoms with Crippen molar-refractivity contribution >= 4 is 0 Å². The molecule has 130 valence electrons. The van der Waals surface area contributed by atoms with Gasteiger partial charge in [0.1, 0.15) is 12.4 Å². The minimum Gasteiger partial charge on any atom is -0.491 e. The van der Waals surface area contributed by atoms with Crippen LogP contribution in [0.5, 0.6) is 5.75 Å². The summed E-state index contributed by atoms with van der Waals surface area (Å²) < 4.78 is 43.8. The Morgan fingerprint density at radius 3 is 2.58 bits per heavy atom. The quantitative estimate of drug-likeness (QED) is 0.803. The third kappa shape index (κ3) is 4.97. The molecule has 2 aromatic rings. The summed E-state index contributed by atoms with van der Waals surface area (Å²) in [4.78, 5) is 0. The fourth-order valence-corrected chi connectivity index (χ4v) is 2.31. The van der Waals surface area contributed by atoms with Crippen LogP contribution in [0.3, 0.4) is 0 Å². The van der Waals surface area contributed by atoms with Gasteiger partial charge in [0, 0.05) is 18.2 Å². The molecule has 0 amide bonds. The highest BCUT2D eigenvalue weighted by atomic mass is 19.4. The fourth-order valence-electron chi connectivity index (χ4n) is 2.31. The van der Waals surface area contributed by atoms with Crippen LogP contribution < -0.4 is 10.1 Å². The van der Waals surface area contributed by atoms with Crippen molar-refractivity contribution in [2.24, 2.45) is 0 Å². The lowest BCUT2D eigenvalue weighted by Crippen LogP contribution is -2.19. The van der Waals surface area contributed by atoms with Crippen molar-refractivity contribution in [2.75, 3.05) is 13.2 Å². The number of hydrogen-bond acceptors (Lipinski definition) is 3. The van der Waals surface area contributed by atoms with E-state index in [1.807, 2.05) is 25.1 Å². The molecular weight excluding hydrogens is 319 g/mol. The second-order valence-electron chi connectivity index (χ2n) is 5.41. The van der Waals surface area contributed by atoms with E-state index in [-0.39, 0.29) is 19.3 Å². The number of aliphatic hydroxyl groups is 1. The van der Waals surface area contributed by atoms with E-state index >= 15 is 0 Å². The van der Waals surface area contributed by atoms with Gasteiger partial charge in [-0.2, -0.15) is 13.2 Å². The largest absolute Gasteiger partial charge is 0.491 e. The van der Waals surface area contributed by atoms with Gasteiger partial charge in [-0.25, -0.2) is 0 Å². The van der Waals surface area contributed by atoms with E-state index in [9.17, 15) is 13.2 Å². The van der Waals surface area contributed by atoms with Gasteiger partial charge in [-0.1, -0.05) is 30.3 Å². The molecule has 0 fully saturated rings. The van der Waals surface area contributed by atoms with Crippen LogP contribution in [0, 0.1) is 0 Å². The van der Waals surface area contributed by atoms with Gasteiger partial charge in [0.15, 0.2) is 0 Å². The molecule has 3 nitrogen and oxygen atoms in total. The maximum absolute atomic E-state index is 12.8. The van der Waals surface area contributed by atoms with Crippen LogP contribution in [0.15, 0.2) is 48.5 Å². The van der Waals surface area contributed by atoms with Crippen molar-refractivity contribution in [1.82, 2.24) is 5.32 Å². The van der Waals surface area contributed by atoms with Gasteiger partial charge in [0.2, 0.25) is 0 Å². The Hall–Kier alpha value is -2.05. The van der Waals surface area contributed by atoms with Crippen molar-refractivity contribution in [2.45, 2.75) is 25.7 Å². The molecule has 0 saturated carbocycles. The first kappa shape index (κ1) is 18.3. The second kappa shape index (κ2) is 8.17. The summed E-state index contributed by atoms with van der Waals surface area (Å²) >= 11 is 0. The number of benzene rings is 2. The Bertz CT molecular complexity index is 659. The summed E-state index contributed by atoms with van der Waals surface area (Å²) in [7, 11) is 0. The van der Waals surface area contributed by atoms with Crippen LogP contribution in [0.4, 0.5) is 13.2 Å². The fraction of sp³-hybridized carbons (Fsp3) is 0.333. The van der Waals surface area contributed by atoms with Gasteiger partial charge in [0.05, 0.1) is 12.2 Å². The van der Waals surface area contributed by atoms with Gasteiger partial charge in [-0.3, -0.25) is 0 Å². The number of aliphatic hydroxyl groups excluding tert-OH is 1. The van der Waals surface area contributed by atoms with E-state index in [0.717, 1.165) is 17.7 Å². The zero-order valence-electron chi connectivity index (χ0n) is 13.3. The SMILES string of the molecule is CC(NCc1ccccc1OCCO)c1cccc(C(F)(F)F)c1. The van der Waals surface area contributed by atoms with Gasteiger partial charge in [-0.15, -0.1) is 0 Å². The molecule has 0 aromatic heterocycles. The molecular formula is C18H20F3NO2. The first-order chi connectivity index (χ1) is 11.4. The van der Waals surface area contributed by atoms with Crippen LogP contribution in [-0.4, -0.2) is 18.3 Å². The van der Waals surface area contributed by atoms with Crippen molar-refractivity contribution < 1.29 is 23.0 Å². The number of rotatable bonds is 7. The van der Waals surface area contributed by atoms with E-state index in [2.05, 4.69) is 5.32 Å². The van der Waals surface area contributed by atoms with Gasteiger partial charge < -0.3 is 15.2 Å². The summed E-state index contributed by atoms with van der Waals surface area (Å²) in [5.41, 5.74) is 0.795. The number of para-hydroxylation sites is 1. The number of nitrogens with one attached hydrogen (secondary N) is 1. The third-order valence-corrected chi connectivity index (χ3v) is 3.63. The maximum atomic E-state index is 12.8. The molecule has 0 aliphatic carbocycles. The molecule has 6 heteroatoms. The average molecular weight is 339 g/mol. The highest BCUT2D eigenvalue weighted by Gasteiger charge is 2.30. The van der Waals surface area contributed by atoms with Crippen molar-refractivity contribution in [1.29, 1.82) is 0 Å². The van der Waals surface area contributed by atoms with Crippen molar-refractivity contribution in [3.63, 3.8) is 0 Å². The molecule has 0 heterocycles. The van der Waals surface area contributed by atoms with Crippen LogP contribution in [-0.2, 0) is 12.7 Å². The standard InChI is InChI=1S/C18H20F3NO2/c1-13(14-6-4-7-16(11-14)18(19,20)21)22-12-15-5-2-3-8-17(15)24-10-9-23/h2-8,11,13,22-23H,9-10,12H2,1H3. The summed E-state index contributed by atoms with van der Waals surface area (Å²) in [6, 6.07) is 12.4. The van der Waals surface area contributed by atoms with E-state index in [0.29, 0.717) is 17.9 Å². The molecule has 0 aliphatic heterocycles. The molecule has 2 rings (SSSR count). The van der Waals surface area contributed by atoms with Crippen LogP contribution in [0.2, 0.25) is 0 Å². The van der Waals surface area contributed by atoms with Gasteiger partial charge >= 0.3 is 6.18 Å². The average Bonchev–Trinajstić information content (AvgIpc) is 2.58. The van der Waals surface area contributed by atoms with Crippen molar-refractivity contribution in [3.05, 3.63) is 65.2 Å². The molecule has 0 bridgehead atoms. The smallest absolute Gasteiger partial charge is 0.416 e. The molecule has 24 heavy (non-hydrogen) atoms. The zero-order chi connectivity index (χ0) is 17.6. The van der Waals surface area contributed by atoms with Crippen LogP contribution in [0.1, 0.15) is 29.7 Å². The Kier molecular flexibility index (Phi) is 6.23. The number of hydrogen-bond donors (Lipinski definition) is 2. The molecule has 0 aliphatic rings. The summed E-state index contributed by atoms with van der Waals surface area (Å²) in [5, 5.41) is 12.0. The van der Waals surface area contributed by atoms with Crippen LogP contribution in [0.25, 0.3) is 0 Å². The first-order valence-corrected chi connectivity index (χ1v) is 7.64. The minimum absolute atomic E-state index is 0.0810. The van der Waals surface area contributed by atoms with Gasteiger partial charge in [-0.05, 0) is 30.7 Å². The molecule has 1 atom stereocenters. The number of halogens is 3. The lowest BCUT2D eigenvalue weighted by molar-refractivity contribution is -0.137. The molecule has 0 spiro atoms. The first-order valence-electron chi connectivity index (χ1n) is 7.64. The predicted octanol–water partition coefficient (Wildman–Crippen LogP) is 3.93. The minimum atomic E-state index is -4.35. The monoisotopic (exact) mass is 339 g/mol. The summed E-state index contributed by atoms with van der Waals surface area (Å²) in [6.07, 6.45) is -4.35. The van der Waals surface area contributed by atoms with E-state index < -0.39 is 11.7 Å². The van der Waals surface area contributed by atoms with E-state index in [1.165, 1.54) is 6.07 Å². The van der Waals surface area contributed by atoms with E-state index in [4.69, 9.17) is 9.84 Å². The predicted molar refractivity (Wildman–Crippen MR) is 85.7 cm³/mol. The summed E-state index contributed by atoms with van der Waals surface area (Å²) in [5.74, 6) is 0.648. The normalized spacial score (nSPS) is 12.9. The topological polar surface area (TPSA) is 41.5 Å². The van der Waals surface area contributed by atoms with Crippen molar-refractivity contribution in [3.8, 4) is 5.75 Å². The third-order valence-electron chi connectivity index (χ3n) is 3.63. The lowest BCUT2D eigenvalue weighted by Gasteiger charge is -2.17. The molecule has 0 radical (unpaired) electrons. The Balaban J connectivity index is 2.05. The molecule has 2 aromatic carbocycles. The zero-order valence-corrected chi connectivity index (χ0v) is 13.3.